The van der Waals surface area contributed by atoms with Crippen LogP contribution in [-0.2, 0) is 23.0 Å². The highest BCUT2D eigenvalue weighted by molar-refractivity contribution is 5.79. The minimum absolute atomic E-state index is 0.0308. The molecule has 0 saturated carbocycles. The molecule has 1 unspecified atom stereocenters. The molecule has 0 bridgehead atoms. The Hall–Kier alpha value is -1.93. The maximum atomic E-state index is 12.8. The maximum Gasteiger partial charge on any atom is 0.328 e. The molecule has 25 heavy (non-hydrogen) atoms. The monoisotopic (exact) mass is 350 g/mol. The summed E-state index contributed by atoms with van der Waals surface area (Å²) in [7, 11) is 1.41. The summed E-state index contributed by atoms with van der Waals surface area (Å²) in [6, 6.07) is 0.186. The lowest BCUT2D eigenvalue weighted by molar-refractivity contribution is -0.134. The van der Waals surface area contributed by atoms with Gasteiger partial charge in [0.15, 0.2) is 0 Å². The van der Waals surface area contributed by atoms with E-state index in [9.17, 15) is 14.4 Å². The smallest absolute Gasteiger partial charge is 0.328 e. The third-order valence-corrected chi connectivity index (χ3v) is 5.12. The van der Waals surface area contributed by atoms with Crippen LogP contribution >= 0.6 is 0 Å². The highest BCUT2D eigenvalue weighted by Gasteiger charge is 2.29. The van der Waals surface area contributed by atoms with Crippen molar-refractivity contribution in [3.8, 4) is 0 Å². The summed E-state index contributed by atoms with van der Waals surface area (Å²) < 4.78 is 6.39. The average molecular weight is 350 g/mol. The predicted octanol–water partition coefficient (Wildman–Crippen LogP) is -0.671. The number of morpholine rings is 1. The van der Waals surface area contributed by atoms with Crippen LogP contribution in [-0.4, -0.2) is 70.7 Å². The number of piperidine rings is 1. The number of amides is 1. The second-order valence-electron chi connectivity index (χ2n) is 6.81. The number of hydrogen-bond acceptors (Lipinski definition) is 5. The summed E-state index contributed by atoms with van der Waals surface area (Å²) in [5.74, 6) is -0.0397. The lowest BCUT2D eigenvalue weighted by Crippen LogP contribution is -2.52. The largest absolute Gasteiger partial charge is 0.379 e. The first-order valence-corrected chi connectivity index (χ1v) is 8.93. The Morgan fingerprint density at radius 1 is 1.24 bits per heavy atom. The molecule has 1 atom stereocenters. The lowest BCUT2D eigenvalue weighted by Gasteiger charge is -2.39. The second kappa shape index (κ2) is 7.97. The number of rotatable bonds is 4. The molecule has 3 rings (SSSR count). The Morgan fingerprint density at radius 2 is 2.00 bits per heavy atom. The average Bonchev–Trinajstić information content (AvgIpc) is 2.63. The molecule has 138 valence electrons. The molecule has 0 aromatic carbocycles. The van der Waals surface area contributed by atoms with E-state index in [1.165, 1.54) is 13.2 Å². The van der Waals surface area contributed by atoms with Gasteiger partial charge in [-0.1, -0.05) is 0 Å². The van der Waals surface area contributed by atoms with Crippen LogP contribution < -0.4 is 11.2 Å². The van der Waals surface area contributed by atoms with Crippen LogP contribution in [0.5, 0.6) is 0 Å². The molecule has 3 heterocycles. The highest BCUT2D eigenvalue weighted by atomic mass is 16.5. The van der Waals surface area contributed by atoms with Gasteiger partial charge in [-0.15, -0.1) is 0 Å². The molecule has 1 N–H and O–H groups in total. The van der Waals surface area contributed by atoms with E-state index in [1.54, 1.807) is 0 Å². The minimum Gasteiger partial charge on any atom is -0.379 e. The third-order valence-electron chi connectivity index (χ3n) is 5.12. The molecule has 8 heteroatoms. The van der Waals surface area contributed by atoms with E-state index in [1.807, 2.05) is 4.90 Å². The van der Waals surface area contributed by atoms with Crippen molar-refractivity contribution < 1.29 is 9.53 Å². The maximum absolute atomic E-state index is 12.8. The zero-order valence-electron chi connectivity index (χ0n) is 14.7. The van der Waals surface area contributed by atoms with Crippen LogP contribution in [0.15, 0.2) is 15.8 Å². The topological polar surface area (TPSA) is 87.6 Å². The van der Waals surface area contributed by atoms with Gasteiger partial charge in [-0.2, -0.15) is 0 Å². The van der Waals surface area contributed by atoms with Crippen LogP contribution in [0.2, 0.25) is 0 Å². The Balaban J connectivity index is 1.69. The molecule has 2 aliphatic heterocycles. The van der Waals surface area contributed by atoms with E-state index >= 15 is 0 Å². The number of carbonyl (C=O) groups excluding carboxylic acids is 1. The second-order valence-corrected chi connectivity index (χ2v) is 6.81. The van der Waals surface area contributed by atoms with Crippen LogP contribution in [0.4, 0.5) is 0 Å². The molecule has 2 saturated heterocycles. The zero-order chi connectivity index (χ0) is 17.8. The van der Waals surface area contributed by atoms with Gasteiger partial charge in [0, 0.05) is 51.0 Å². The van der Waals surface area contributed by atoms with Crippen molar-refractivity contribution in [2.75, 3.05) is 39.4 Å². The Morgan fingerprint density at radius 3 is 2.76 bits per heavy atom. The van der Waals surface area contributed by atoms with Crippen LogP contribution in [0.1, 0.15) is 24.8 Å². The van der Waals surface area contributed by atoms with Crippen molar-refractivity contribution in [3.63, 3.8) is 0 Å². The first-order valence-electron chi connectivity index (χ1n) is 8.93. The van der Waals surface area contributed by atoms with Crippen molar-refractivity contribution in [1.29, 1.82) is 0 Å². The van der Waals surface area contributed by atoms with Crippen molar-refractivity contribution in [2.45, 2.75) is 31.7 Å². The van der Waals surface area contributed by atoms with Crippen molar-refractivity contribution in [3.05, 3.63) is 32.6 Å². The van der Waals surface area contributed by atoms with Gasteiger partial charge in [0.25, 0.3) is 5.56 Å². The van der Waals surface area contributed by atoms with Gasteiger partial charge in [-0.05, 0) is 19.3 Å². The first-order chi connectivity index (χ1) is 12.1. The number of aromatic amines is 1. The quantitative estimate of drug-likeness (QED) is 0.778. The fraction of sp³-hybridized carbons (Fsp3) is 0.706. The molecule has 1 aromatic heterocycles. The summed E-state index contributed by atoms with van der Waals surface area (Å²) in [5, 5.41) is 0. The van der Waals surface area contributed by atoms with Gasteiger partial charge in [0.05, 0.1) is 19.6 Å². The fourth-order valence-electron chi connectivity index (χ4n) is 3.61. The van der Waals surface area contributed by atoms with Gasteiger partial charge in [0.1, 0.15) is 0 Å². The number of hydrogen-bond donors (Lipinski definition) is 1. The number of carbonyl (C=O) groups is 1. The summed E-state index contributed by atoms with van der Waals surface area (Å²) >= 11 is 0. The Bertz CT molecular complexity index is 720. The number of H-pyrrole nitrogens is 1. The summed E-state index contributed by atoms with van der Waals surface area (Å²) in [6.07, 6.45) is 4.51. The predicted molar refractivity (Wildman–Crippen MR) is 92.6 cm³/mol. The molecule has 2 fully saturated rings. The van der Waals surface area contributed by atoms with Crippen molar-refractivity contribution in [1.82, 2.24) is 19.4 Å². The number of likely N-dealkylation sites (tertiary alicyclic amines) is 1. The van der Waals surface area contributed by atoms with Gasteiger partial charge in [-0.25, -0.2) is 4.79 Å². The Labute approximate surface area is 146 Å². The summed E-state index contributed by atoms with van der Waals surface area (Å²) in [5.41, 5.74) is -0.536. The first kappa shape index (κ1) is 17.9. The molecule has 0 radical (unpaired) electrons. The molecule has 1 aromatic rings. The molecule has 0 aliphatic carbocycles. The molecule has 8 nitrogen and oxygen atoms in total. The molecular weight excluding hydrogens is 324 g/mol. The zero-order valence-corrected chi connectivity index (χ0v) is 14.7. The molecular formula is C17H26N4O4. The number of aromatic nitrogens is 2. The highest BCUT2D eigenvalue weighted by Crippen LogP contribution is 2.19. The van der Waals surface area contributed by atoms with Crippen LogP contribution in [0.25, 0.3) is 0 Å². The van der Waals surface area contributed by atoms with E-state index in [2.05, 4.69) is 9.88 Å². The molecule has 2 aliphatic rings. The standard InChI is InChI=1S/C17H26N4O4/c1-19-16(23)13(11-18-17(19)24)10-15(22)21-5-3-2-4-14(21)12-20-6-8-25-9-7-20/h11,14H,2-10,12H2,1H3,(H,18,24). The van der Waals surface area contributed by atoms with E-state index in [4.69, 9.17) is 4.74 Å². The van der Waals surface area contributed by atoms with Crippen molar-refractivity contribution >= 4 is 5.91 Å². The third kappa shape index (κ3) is 4.19. The van der Waals surface area contributed by atoms with Crippen molar-refractivity contribution in [2.24, 2.45) is 7.05 Å². The number of ether oxygens (including phenoxy) is 1. The summed E-state index contributed by atoms with van der Waals surface area (Å²) in [6.45, 7) is 4.89. The Kier molecular flexibility index (Phi) is 5.70. The van der Waals surface area contributed by atoms with Gasteiger partial charge in [-0.3, -0.25) is 19.1 Å². The van der Waals surface area contributed by atoms with E-state index in [0.717, 1.165) is 63.2 Å². The van der Waals surface area contributed by atoms with E-state index in [-0.39, 0.29) is 18.4 Å². The lowest BCUT2D eigenvalue weighted by atomic mass is 10.00. The van der Waals surface area contributed by atoms with Crippen LogP contribution in [0, 0.1) is 0 Å². The fourth-order valence-corrected chi connectivity index (χ4v) is 3.61. The molecule has 1 amide bonds. The normalized spacial score (nSPS) is 22.1. The number of nitrogens with zero attached hydrogens (tertiary/aromatic N) is 3. The van der Waals surface area contributed by atoms with E-state index < -0.39 is 11.2 Å². The van der Waals surface area contributed by atoms with E-state index in [0.29, 0.717) is 5.56 Å². The van der Waals surface area contributed by atoms with Crippen LogP contribution in [0.3, 0.4) is 0 Å². The van der Waals surface area contributed by atoms with Gasteiger partial charge >= 0.3 is 5.69 Å². The molecule has 0 spiro atoms. The van der Waals surface area contributed by atoms with Gasteiger partial charge < -0.3 is 14.6 Å². The van der Waals surface area contributed by atoms with Gasteiger partial charge in [0.2, 0.25) is 5.91 Å². The SMILES string of the molecule is Cn1c(=O)[nH]cc(CC(=O)N2CCCCC2CN2CCOCC2)c1=O. The summed E-state index contributed by atoms with van der Waals surface area (Å²) in [4.78, 5) is 43.2. The number of nitrogens with one attached hydrogen (secondary N) is 1. The minimum atomic E-state index is -0.468.